The van der Waals surface area contributed by atoms with Crippen LogP contribution >= 0.6 is 0 Å². The first-order valence-corrected chi connectivity index (χ1v) is 8.78. The van der Waals surface area contributed by atoms with E-state index in [2.05, 4.69) is 5.32 Å². The van der Waals surface area contributed by atoms with E-state index in [-0.39, 0.29) is 11.5 Å². The molecule has 27 heavy (non-hydrogen) atoms. The number of fused-ring (bicyclic) bond motifs is 2. The van der Waals surface area contributed by atoms with Crippen LogP contribution in [0.1, 0.15) is 29.3 Å². The van der Waals surface area contributed by atoms with Gasteiger partial charge in [-0.25, -0.2) is 4.79 Å². The first kappa shape index (κ1) is 17.0. The normalized spacial score (nSPS) is 13.3. The highest BCUT2D eigenvalue weighted by molar-refractivity contribution is 6.05. The van der Waals surface area contributed by atoms with Gasteiger partial charge in [0.1, 0.15) is 11.1 Å². The van der Waals surface area contributed by atoms with Crippen LogP contribution in [0.5, 0.6) is 0 Å². The summed E-state index contributed by atoms with van der Waals surface area (Å²) in [6, 6.07) is 14.0. The maximum atomic E-state index is 12.6. The molecule has 0 bridgehead atoms. The second kappa shape index (κ2) is 6.72. The van der Waals surface area contributed by atoms with E-state index >= 15 is 0 Å². The highest BCUT2D eigenvalue weighted by atomic mass is 16.4. The van der Waals surface area contributed by atoms with E-state index in [4.69, 9.17) is 4.42 Å². The summed E-state index contributed by atoms with van der Waals surface area (Å²) in [7, 11) is 0. The van der Waals surface area contributed by atoms with Crippen LogP contribution in [-0.4, -0.2) is 18.4 Å². The van der Waals surface area contributed by atoms with Gasteiger partial charge < -0.3 is 14.6 Å². The Balaban J connectivity index is 1.63. The fourth-order valence-electron chi connectivity index (χ4n) is 3.42. The third-order valence-corrected chi connectivity index (χ3v) is 4.72. The van der Waals surface area contributed by atoms with Gasteiger partial charge in [-0.05, 0) is 48.7 Å². The number of nitrogens with zero attached hydrogens (tertiary/aromatic N) is 1. The molecule has 0 unspecified atom stereocenters. The summed E-state index contributed by atoms with van der Waals surface area (Å²) >= 11 is 0. The van der Waals surface area contributed by atoms with Crippen molar-refractivity contribution in [3.8, 4) is 0 Å². The lowest BCUT2D eigenvalue weighted by Crippen LogP contribution is -2.33. The number of carbonyl (C=O) groups is 2. The average molecular weight is 362 g/mol. The monoisotopic (exact) mass is 362 g/mol. The first-order chi connectivity index (χ1) is 13.0. The molecular formula is C21H18N2O4. The zero-order valence-electron chi connectivity index (χ0n) is 14.8. The number of hydrogen-bond donors (Lipinski definition) is 1. The van der Waals surface area contributed by atoms with Crippen LogP contribution in [0.2, 0.25) is 0 Å². The van der Waals surface area contributed by atoms with Gasteiger partial charge in [-0.2, -0.15) is 0 Å². The maximum Gasteiger partial charge on any atom is 0.349 e. The van der Waals surface area contributed by atoms with Gasteiger partial charge >= 0.3 is 5.63 Å². The van der Waals surface area contributed by atoms with Crippen molar-refractivity contribution >= 4 is 34.2 Å². The smallest absolute Gasteiger partial charge is 0.349 e. The van der Waals surface area contributed by atoms with Gasteiger partial charge in [0.25, 0.3) is 5.91 Å². The maximum absolute atomic E-state index is 12.6. The van der Waals surface area contributed by atoms with Crippen LogP contribution in [0.15, 0.2) is 57.7 Å². The molecule has 1 N–H and O–H groups in total. The van der Waals surface area contributed by atoms with Crippen molar-refractivity contribution in [1.29, 1.82) is 0 Å². The third kappa shape index (κ3) is 3.21. The zero-order valence-corrected chi connectivity index (χ0v) is 14.8. The fourth-order valence-corrected chi connectivity index (χ4v) is 3.42. The first-order valence-electron chi connectivity index (χ1n) is 8.78. The highest BCUT2D eigenvalue weighted by Gasteiger charge is 2.21. The second-order valence-corrected chi connectivity index (χ2v) is 6.56. The number of amides is 2. The van der Waals surface area contributed by atoms with E-state index in [1.54, 1.807) is 36.1 Å². The molecule has 2 amide bonds. The molecule has 0 aliphatic carbocycles. The SMILES string of the molecule is CC(=O)N1CCCc2cc(NC(=O)c3cc4ccccc4oc3=O)ccc21. The molecule has 2 heterocycles. The Hall–Kier alpha value is -3.41. The molecule has 1 aliphatic rings. The van der Waals surface area contributed by atoms with E-state index in [1.165, 1.54) is 6.07 Å². The summed E-state index contributed by atoms with van der Waals surface area (Å²) in [5, 5.41) is 3.44. The Morgan fingerprint density at radius 1 is 1.11 bits per heavy atom. The topological polar surface area (TPSA) is 79.6 Å². The van der Waals surface area contributed by atoms with Gasteiger partial charge in [0.05, 0.1) is 0 Å². The lowest BCUT2D eigenvalue weighted by atomic mass is 10.0. The number of rotatable bonds is 2. The number of hydrogen-bond acceptors (Lipinski definition) is 4. The number of anilines is 2. The number of carbonyl (C=O) groups excluding carboxylic acids is 2. The lowest BCUT2D eigenvalue weighted by molar-refractivity contribution is -0.116. The van der Waals surface area contributed by atoms with Crippen LogP contribution in [0.25, 0.3) is 11.0 Å². The van der Waals surface area contributed by atoms with Crippen molar-refractivity contribution < 1.29 is 14.0 Å². The van der Waals surface area contributed by atoms with Crippen LogP contribution in [-0.2, 0) is 11.2 Å². The molecule has 6 heteroatoms. The largest absolute Gasteiger partial charge is 0.422 e. The molecule has 1 aromatic heterocycles. The molecule has 2 aromatic carbocycles. The van der Waals surface area contributed by atoms with Crippen molar-refractivity contribution in [3.05, 3.63) is 70.1 Å². The zero-order chi connectivity index (χ0) is 19.0. The number of benzene rings is 2. The Kier molecular flexibility index (Phi) is 4.24. The van der Waals surface area contributed by atoms with Gasteiger partial charge in [0, 0.05) is 30.2 Å². The van der Waals surface area contributed by atoms with Gasteiger partial charge in [-0.3, -0.25) is 9.59 Å². The highest BCUT2D eigenvalue weighted by Crippen LogP contribution is 2.30. The van der Waals surface area contributed by atoms with Gasteiger partial charge in [-0.1, -0.05) is 18.2 Å². The minimum Gasteiger partial charge on any atom is -0.422 e. The minimum atomic E-state index is -0.674. The number of para-hydroxylation sites is 1. The molecule has 136 valence electrons. The molecular weight excluding hydrogens is 344 g/mol. The predicted molar refractivity (Wildman–Crippen MR) is 103 cm³/mol. The summed E-state index contributed by atoms with van der Waals surface area (Å²) < 4.78 is 5.22. The van der Waals surface area contributed by atoms with Gasteiger partial charge in [-0.15, -0.1) is 0 Å². The number of aryl methyl sites for hydroxylation is 1. The van der Waals surface area contributed by atoms with Crippen molar-refractivity contribution in [2.75, 3.05) is 16.8 Å². The summed E-state index contributed by atoms with van der Waals surface area (Å²) in [4.78, 5) is 38.2. The van der Waals surface area contributed by atoms with Gasteiger partial charge in [0.15, 0.2) is 0 Å². The van der Waals surface area contributed by atoms with E-state index in [9.17, 15) is 14.4 Å². The quantitative estimate of drug-likeness (QED) is 0.709. The lowest BCUT2D eigenvalue weighted by Gasteiger charge is -2.28. The minimum absolute atomic E-state index is 0.00140. The van der Waals surface area contributed by atoms with Gasteiger partial charge in [0.2, 0.25) is 5.91 Å². The molecule has 0 spiro atoms. The fraction of sp³-hybridized carbons (Fsp3) is 0.190. The van der Waals surface area contributed by atoms with Crippen LogP contribution in [0.3, 0.4) is 0 Å². The Morgan fingerprint density at radius 2 is 1.93 bits per heavy atom. The molecule has 0 atom stereocenters. The predicted octanol–water partition coefficient (Wildman–Crippen LogP) is 3.34. The summed E-state index contributed by atoms with van der Waals surface area (Å²) in [5.41, 5.74) is 2.18. The summed E-state index contributed by atoms with van der Waals surface area (Å²) in [5.74, 6) is -0.518. The molecule has 3 aromatic rings. The Labute approximate surface area is 155 Å². The van der Waals surface area contributed by atoms with Crippen molar-refractivity contribution in [3.63, 3.8) is 0 Å². The molecule has 4 rings (SSSR count). The standard InChI is InChI=1S/C21H18N2O4/c1-13(24)23-10-4-6-14-11-16(8-9-18(14)23)22-20(25)17-12-15-5-2-3-7-19(15)27-21(17)26/h2-3,5,7-9,11-12H,4,6,10H2,1H3,(H,22,25). The molecule has 6 nitrogen and oxygen atoms in total. The average Bonchev–Trinajstić information content (AvgIpc) is 2.66. The molecule has 0 saturated heterocycles. The number of nitrogens with one attached hydrogen (secondary N) is 1. The molecule has 0 fully saturated rings. The summed E-state index contributed by atoms with van der Waals surface area (Å²) in [6.45, 7) is 2.25. The van der Waals surface area contributed by atoms with Crippen molar-refractivity contribution in [2.24, 2.45) is 0 Å². The molecule has 1 aliphatic heterocycles. The van der Waals surface area contributed by atoms with E-state index in [1.807, 2.05) is 18.2 Å². The third-order valence-electron chi connectivity index (χ3n) is 4.72. The Bertz CT molecular complexity index is 1120. The van der Waals surface area contributed by atoms with Crippen molar-refractivity contribution in [2.45, 2.75) is 19.8 Å². The summed E-state index contributed by atoms with van der Waals surface area (Å²) in [6.07, 6.45) is 1.71. The Morgan fingerprint density at radius 3 is 2.74 bits per heavy atom. The second-order valence-electron chi connectivity index (χ2n) is 6.56. The van der Waals surface area contributed by atoms with E-state index in [0.29, 0.717) is 23.2 Å². The van der Waals surface area contributed by atoms with Crippen LogP contribution in [0.4, 0.5) is 11.4 Å². The molecule has 0 saturated carbocycles. The van der Waals surface area contributed by atoms with Crippen molar-refractivity contribution in [1.82, 2.24) is 0 Å². The molecule has 0 radical (unpaired) electrons. The van der Waals surface area contributed by atoms with Crippen LogP contribution in [0, 0.1) is 0 Å². The van der Waals surface area contributed by atoms with Crippen LogP contribution < -0.4 is 15.8 Å². The van der Waals surface area contributed by atoms with E-state index < -0.39 is 11.5 Å². The van der Waals surface area contributed by atoms with E-state index in [0.717, 1.165) is 24.1 Å².